The summed E-state index contributed by atoms with van der Waals surface area (Å²) in [5.74, 6) is 0.676. The van der Waals surface area contributed by atoms with E-state index < -0.39 is 0 Å². The van der Waals surface area contributed by atoms with E-state index in [1.54, 1.807) is 7.11 Å². The van der Waals surface area contributed by atoms with Crippen LogP contribution in [0.15, 0.2) is 18.2 Å². The first-order chi connectivity index (χ1) is 5.95. The molecule has 0 aliphatic heterocycles. The first-order valence-corrected chi connectivity index (χ1v) is 4.46. The average molecular weight is 236 g/mol. The average Bonchev–Trinajstić information content (AvgIpc) is 2.02. The molecule has 0 radical (unpaired) electrons. The van der Waals surface area contributed by atoms with Crippen LogP contribution in [0, 0.1) is 0 Å². The van der Waals surface area contributed by atoms with Crippen LogP contribution in [0.25, 0.3) is 0 Å². The van der Waals surface area contributed by atoms with Gasteiger partial charge in [0.25, 0.3) is 0 Å². The molecule has 2 N–H and O–H groups in total. The maximum atomic E-state index is 5.96. The van der Waals surface area contributed by atoms with Gasteiger partial charge in [-0.05, 0) is 31.5 Å². The van der Waals surface area contributed by atoms with Gasteiger partial charge in [-0.15, -0.1) is 12.4 Å². The highest BCUT2D eigenvalue weighted by Crippen LogP contribution is 2.28. The van der Waals surface area contributed by atoms with Crippen LogP contribution < -0.4 is 10.5 Å². The molecule has 1 aromatic rings. The summed E-state index contributed by atoms with van der Waals surface area (Å²) in [7, 11) is 1.59. The number of methoxy groups -OCH3 is 1. The first kappa shape index (κ1) is 13.6. The summed E-state index contributed by atoms with van der Waals surface area (Å²) in [4.78, 5) is 0. The van der Waals surface area contributed by atoms with Gasteiger partial charge >= 0.3 is 0 Å². The molecule has 0 unspecified atom stereocenters. The van der Waals surface area contributed by atoms with Crippen LogP contribution in [0.1, 0.15) is 19.4 Å². The second-order valence-corrected chi connectivity index (χ2v) is 3.98. The molecule has 1 aromatic carbocycles. The maximum Gasteiger partial charge on any atom is 0.137 e. The molecule has 0 aliphatic carbocycles. The third kappa shape index (κ3) is 3.05. The first-order valence-electron chi connectivity index (χ1n) is 4.08. The molecule has 1 rings (SSSR count). The van der Waals surface area contributed by atoms with Crippen molar-refractivity contribution in [2.24, 2.45) is 5.73 Å². The number of hydrogen-bond acceptors (Lipinski definition) is 2. The number of benzene rings is 1. The molecule has 0 aromatic heterocycles. The van der Waals surface area contributed by atoms with Crippen molar-refractivity contribution < 1.29 is 4.74 Å². The number of hydrogen-bond donors (Lipinski definition) is 1. The zero-order valence-electron chi connectivity index (χ0n) is 8.50. The van der Waals surface area contributed by atoms with Crippen LogP contribution in [0.5, 0.6) is 5.75 Å². The Morgan fingerprint density at radius 3 is 2.29 bits per heavy atom. The molecule has 14 heavy (non-hydrogen) atoms. The van der Waals surface area contributed by atoms with Crippen LogP contribution in [0.4, 0.5) is 0 Å². The quantitative estimate of drug-likeness (QED) is 0.856. The predicted molar refractivity (Wildman–Crippen MR) is 62.5 cm³/mol. The van der Waals surface area contributed by atoms with Crippen molar-refractivity contribution in [3.05, 3.63) is 28.8 Å². The van der Waals surface area contributed by atoms with Gasteiger partial charge in [0.1, 0.15) is 5.75 Å². The zero-order valence-corrected chi connectivity index (χ0v) is 10.1. The molecule has 0 amide bonds. The van der Waals surface area contributed by atoms with Crippen molar-refractivity contribution in [2.45, 2.75) is 19.4 Å². The molecule has 0 bridgehead atoms. The summed E-state index contributed by atoms with van der Waals surface area (Å²) in [6.07, 6.45) is 0. The Morgan fingerprint density at radius 2 is 1.93 bits per heavy atom. The van der Waals surface area contributed by atoms with Gasteiger partial charge in [-0.25, -0.2) is 0 Å². The molecular weight excluding hydrogens is 221 g/mol. The predicted octanol–water partition coefficient (Wildman–Crippen LogP) is 2.96. The molecule has 0 saturated carbocycles. The van der Waals surface area contributed by atoms with Crippen molar-refractivity contribution in [2.75, 3.05) is 7.11 Å². The van der Waals surface area contributed by atoms with Crippen molar-refractivity contribution in [3.8, 4) is 5.75 Å². The monoisotopic (exact) mass is 235 g/mol. The summed E-state index contributed by atoms with van der Waals surface area (Å²) in [5, 5.41) is 0.596. The van der Waals surface area contributed by atoms with Gasteiger partial charge in [0.2, 0.25) is 0 Å². The highest BCUT2D eigenvalue weighted by molar-refractivity contribution is 6.32. The second kappa shape index (κ2) is 4.87. The SMILES string of the molecule is COc1ccc(C(C)(C)N)cc1Cl.Cl. The largest absolute Gasteiger partial charge is 0.495 e. The standard InChI is InChI=1S/C10H14ClNO.ClH/c1-10(2,12)7-4-5-9(13-3)8(11)6-7;/h4-6H,12H2,1-3H3;1H. The van der Waals surface area contributed by atoms with Crippen LogP contribution >= 0.6 is 24.0 Å². The maximum absolute atomic E-state index is 5.96. The Balaban J connectivity index is 0.00000169. The Morgan fingerprint density at radius 1 is 1.36 bits per heavy atom. The van der Waals surface area contributed by atoms with Crippen molar-refractivity contribution in [1.29, 1.82) is 0 Å². The Bertz CT molecular complexity index is 307. The van der Waals surface area contributed by atoms with E-state index in [4.69, 9.17) is 22.1 Å². The molecular formula is C10H15Cl2NO. The fourth-order valence-corrected chi connectivity index (χ4v) is 1.32. The van der Waals surface area contributed by atoms with E-state index in [1.807, 2.05) is 32.0 Å². The topological polar surface area (TPSA) is 35.2 Å². The highest BCUT2D eigenvalue weighted by Gasteiger charge is 2.15. The van der Waals surface area contributed by atoms with Gasteiger partial charge in [0, 0.05) is 5.54 Å². The van der Waals surface area contributed by atoms with Gasteiger partial charge in [0.15, 0.2) is 0 Å². The van der Waals surface area contributed by atoms with Gasteiger partial charge < -0.3 is 10.5 Å². The molecule has 0 aliphatic rings. The van der Waals surface area contributed by atoms with Crippen molar-refractivity contribution >= 4 is 24.0 Å². The lowest BCUT2D eigenvalue weighted by Crippen LogP contribution is -2.28. The third-order valence-corrected chi connectivity index (χ3v) is 2.19. The summed E-state index contributed by atoms with van der Waals surface area (Å²) in [6.45, 7) is 3.87. The molecule has 0 spiro atoms. The minimum absolute atomic E-state index is 0. The molecule has 0 atom stereocenters. The van der Waals surface area contributed by atoms with Crippen LogP contribution in [0.2, 0.25) is 5.02 Å². The van der Waals surface area contributed by atoms with E-state index in [0.717, 1.165) is 5.56 Å². The summed E-state index contributed by atoms with van der Waals surface area (Å²) < 4.78 is 5.04. The Kier molecular flexibility index (Phi) is 4.72. The van der Waals surface area contributed by atoms with E-state index >= 15 is 0 Å². The number of rotatable bonds is 2. The number of nitrogens with two attached hydrogens (primary N) is 1. The van der Waals surface area contributed by atoms with E-state index in [-0.39, 0.29) is 17.9 Å². The van der Waals surface area contributed by atoms with Gasteiger partial charge in [-0.1, -0.05) is 17.7 Å². The smallest absolute Gasteiger partial charge is 0.137 e. The van der Waals surface area contributed by atoms with Crippen LogP contribution in [-0.2, 0) is 5.54 Å². The van der Waals surface area contributed by atoms with E-state index in [0.29, 0.717) is 10.8 Å². The molecule has 0 heterocycles. The minimum Gasteiger partial charge on any atom is -0.495 e. The minimum atomic E-state index is -0.365. The van der Waals surface area contributed by atoms with Gasteiger partial charge in [-0.2, -0.15) is 0 Å². The molecule has 2 nitrogen and oxygen atoms in total. The third-order valence-electron chi connectivity index (χ3n) is 1.90. The molecule has 0 saturated heterocycles. The summed E-state index contributed by atoms with van der Waals surface area (Å²) in [6, 6.07) is 5.58. The highest BCUT2D eigenvalue weighted by atomic mass is 35.5. The van der Waals surface area contributed by atoms with E-state index in [2.05, 4.69) is 0 Å². The lowest BCUT2D eigenvalue weighted by atomic mass is 9.96. The fraction of sp³-hybridized carbons (Fsp3) is 0.400. The Labute approximate surface area is 95.8 Å². The molecule has 0 fully saturated rings. The molecule has 4 heteroatoms. The lowest BCUT2D eigenvalue weighted by molar-refractivity contribution is 0.414. The summed E-state index contributed by atoms with van der Waals surface area (Å²) in [5.41, 5.74) is 6.55. The normalized spacial score (nSPS) is 10.6. The Hall–Kier alpha value is -0.440. The number of ether oxygens (including phenoxy) is 1. The van der Waals surface area contributed by atoms with Crippen molar-refractivity contribution in [1.82, 2.24) is 0 Å². The van der Waals surface area contributed by atoms with Gasteiger partial charge in [0.05, 0.1) is 12.1 Å². The van der Waals surface area contributed by atoms with Crippen molar-refractivity contribution in [3.63, 3.8) is 0 Å². The summed E-state index contributed by atoms with van der Waals surface area (Å²) >= 11 is 5.96. The number of halogens is 2. The van der Waals surface area contributed by atoms with Gasteiger partial charge in [-0.3, -0.25) is 0 Å². The van der Waals surface area contributed by atoms with Crippen LogP contribution in [-0.4, -0.2) is 7.11 Å². The molecule has 80 valence electrons. The fourth-order valence-electron chi connectivity index (χ4n) is 1.07. The van der Waals surface area contributed by atoms with E-state index in [1.165, 1.54) is 0 Å². The second-order valence-electron chi connectivity index (χ2n) is 3.57. The van der Waals surface area contributed by atoms with E-state index in [9.17, 15) is 0 Å². The zero-order chi connectivity index (χ0) is 10.1. The lowest BCUT2D eigenvalue weighted by Gasteiger charge is -2.19. The van der Waals surface area contributed by atoms with Crippen LogP contribution in [0.3, 0.4) is 0 Å².